The van der Waals surface area contributed by atoms with Gasteiger partial charge < -0.3 is 9.67 Å². The van der Waals surface area contributed by atoms with Gasteiger partial charge in [-0.1, -0.05) is 31.5 Å². The zero-order valence-electron chi connectivity index (χ0n) is 22.1. The quantitative estimate of drug-likeness (QED) is 0.276. The molecule has 4 heterocycles. The first-order valence-electron chi connectivity index (χ1n) is 12.9. The molecule has 0 aliphatic rings. The summed E-state index contributed by atoms with van der Waals surface area (Å²) in [7, 11) is 0. The molecule has 11 nitrogen and oxygen atoms in total. The summed E-state index contributed by atoms with van der Waals surface area (Å²) < 4.78 is 4.97. The molecule has 2 N–H and O–H groups in total. The third kappa shape index (κ3) is 5.15. The molecule has 0 aliphatic carbocycles. The molecule has 0 saturated heterocycles. The second kappa shape index (κ2) is 10.9. The molecule has 0 spiro atoms. The number of unbranched alkanes of at least 4 members (excludes halogenated alkanes) is 1. The lowest BCUT2D eigenvalue weighted by Gasteiger charge is -2.13. The van der Waals surface area contributed by atoms with Gasteiger partial charge in [0.25, 0.3) is 0 Å². The molecule has 4 aromatic heterocycles. The highest BCUT2D eigenvalue weighted by atomic mass is 16.4. The van der Waals surface area contributed by atoms with Gasteiger partial charge in [-0.2, -0.15) is 5.21 Å². The number of aryl methyl sites for hydroxylation is 1. The second-order valence-electron chi connectivity index (χ2n) is 9.67. The molecule has 5 aromatic rings. The molecule has 0 atom stereocenters. The molecular formula is C28H30N8O3. The highest BCUT2D eigenvalue weighted by Gasteiger charge is 2.23. The number of nitrogens with zero attached hydrogens (tertiary/aromatic N) is 7. The normalized spacial score (nSPS) is 11.4. The lowest BCUT2D eigenvalue weighted by atomic mass is 10.0. The number of carboxylic acids is 1. The number of aromatic nitrogens is 8. The van der Waals surface area contributed by atoms with E-state index in [0.29, 0.717) is 23.8 Å². The predicted molar refractivity (Wildman–Crippen MR) is 146 cm³/mol. The Hall–Kier alpha value is -4.80. The molecule has 1 aromatic carbocycles. The second-order valence-corrected chi connectivity index (χ2v) is 9.67. The molecule has 0 unspecified atom stereocenters. The van der Waals surface area contributed by atoms with Crippen LogP contribution >= 0.6 is 0 Å². The zero-order valence-corrected chi connectivity index (χ0v) is 22.1. The first-order chi connectivity index (χ1) is 18.9. The Morgan fingerprint density at radius 3 is 2.62 bits per heavy atom. The summed E-state index contributed by atoms with van der Waals surface area (Å²) in [6.07, 6.45) is 7.77. The first-order valence-corrected chi connectivity index (χ1v) is 12.9. The molecule has 39 heavy (non-hydrogen) atoms. The number of pyridine rings is 1. The van der Waals surface area contributed by atoms with Gasteiger partial charge in [-0.25, -0.2) is 9.59 Å². The number of carboxylic acid groups (broad SMARTS) is 1. The van der Waals surface area contributed by atoms with Crippen LogP contribution in [0.15, 0.2) is 65.8 Å². The fourth-order valence-electron chi connectivity index (χ4n) is 4.71. The summed E-state index contributed by atoms with van der Waals surface area (Å²) in [5, 5.41) is 24.0. The van der Waals surface area contributed by atoms with Crippen LogP contribution in [0.1, 0.15) is 61.4 Å². The monoisotopic (exact) mass is 526 g/mol. The van der Waals surface area contributed by atoms with Crippen LogP contribution in [0.25, 0.3) is 28.3 Å². The van der Waals surface area contributed by atoms with Crippen LogP contribution in [-0.2, 0) is 13.0 Å². The number of aromatic carboxylic acids is 1. The van der Waals surface area contributed by atoms with Crippen LogP contribution in [0.5, 0.6) is 0 Å². The van der Waals surface area contributed by atoms with Gasteiger partial charge in [0.05, 0.1) is 12.2 Å². The molecule has 0 radical (unpaired) electrons. The minimum Gasteiger partial charge on any atom is -0.478 e. The molecule has 0 saturated carbocycles. The maximum atomic E-state index is 13.8. The van der Waals surface area contributed by atoms with E-state index in [1.54, 1.807) is 29.2 Å². The fourth-order valence-corrected chi connectivity index (χ4v) is 4.71. The van der Waals surface area contributed by atoms with Crippen molar-refractivity contribution in [3.8, 4) is 28.3 Å². The topological polar surface area (TPSA) is 137 Å². The van der Waals surface area contributed by atoms with Crippen LogP contribution in [0.3, 0.4) is 0 Å². The van der Waals surface area contributed by atoms with Gasteiger partial charge in [-0.05, 0) is 67.3 Å². The smallest absolute Gasteiger partial charge is 0.339 e. The third-order valence-electron chi connectivity index (χ3n) is 6.69. The van der Waals surface area contributed by atoms with Crippen LogP contribution < -0.4 is 5.69 Å². The summed E-state index contributed by atoms with van der Waals surface area (Å²) in [4.78, 5) is 30.4. The van der Waals surface area contributed by atoms with E-state index in [1.165, 1.54) is 4.57 Å². The van der Waals surface area contributed by atoms with Gasteiger partial charge in [0.2, 0.25) is 5.82 Å². The van der Waals surface area contributed by atoms with E-state index < -0.39 is 5.97 Å². The SMILES string of the molecule is CCCCc1cn(-c2c(C(=O)O)ccn2C(C)C)c(=O)n1Cc1cc(-c2cccc(-c3nn[nH]n3)c2)ccn1. The average Bonchev–Trinajstić information content (AvgIpc) is 3.68. The summed E-state index contributed by atoms with van der Waals surface area (Å²) in [5.74, 6) is -0.206. The number of rotatable bonds is 10. The van der Waals surface area contributed by atoms with E-state index in [4.69, 9.17) is 0 Å². The Balaban J connectivity index is 1.55. The number of aromatic amines is 1. The number of hydrogen-bond acceptors (Lipinski definition) is 6. The first kappa shape index (κ1) is 25.8. The van der Waals surface area contributed by atoms with Gasteiger partial charge in [-0.3, -0.25) is 14.1 Å². The maximum Gasteiger partial charge on any atom is 0.339 e. The van der Waals surface area contributed by atoms with Crippen molar-refractivity contribution >= 4 is 5.97 Å². The van der Waals surface area contributed by atoms with E-state index in [2.05, 4.69) is 32.5 Å². The summed E-state index contributed by atoms with van der Waals surface area (Å²) in [6.45, 7) is 6.27. The maximum absolute atomic E-state index is 13.8. The zero-order chi connectivity index (χ0) is 27.5. The molecule has 0 amide bonds. The molecular weight excluding hydrogens is 496 g/mol. The van der Waals surface area contributed by atoms with Gasteiger partial charge >= 0.3 is 11.7 Å². The lowest BCUT2D eigenvalue weighted by molar-refractivity contribution is 0.0697. The molecule has 0 aliphatic heterocycles. The van der Waals surface area contributed by atoms with E-state index >= 15 is 0 Å². The summed E-state index contributed by atoms with van der Waals surface area (Å²) >= 11 is 0. The Morgan fingerprint density at radius 1 is 1.10 bits per heavy atom. The van der Waals surface area contributed by atoms with Gasteiger partial charge in [0.1, 0.15) is 11.4 Å². The number of imidazole rings is 1. The number of benzene rings is 1. The van der Waals surface area contributed by atoms with Crippen molar-refractivity contribution in [2.75, 3.05) is 0 Å². The van der Waals surface area contributed by atoms with Crippen molar-refractivity contribution in [1.82, 2.24) is 39.3 Å². The molecule has 5 rings (SSSR count). The van der Waals surface area contributed by atoms with Crippen molar-refractivity contribution in [2.45, 2.75) is 52.6 Å². The standard InChI is InChI=1S/C28H30N8O3/c1-4-5-9-23-17-36(26-24(27(37)38)11-13-34(26)18(2)3)28(39)35(23)16-22-15-20(10-12-29-22)19-7-6-8-21(14-19)25-30-32-33-31-25/h6-8,10-15,17-18H,4-5,9,16H2,1-3H3,(H,37,38)(H,30,31,32,33). The van der Waals surface area contributed by atoms with Crippen molar-refractivity contribution < 1.29 is 9.90 Å². The van der Waals surface area contributed by atoms with Crippen molar-refractivity contribution in [1.29, 1.82) is 0 Å². The lowest BCUT2D eigenvalue weighted by Crippen LogP contribution is -2.27. The summed E-state index contributed by atoms with van der Waals surface area (Å²) in [5.41, 5.74) is 4.07. The minimum atomic E-state index is -1.07. The van der Waals surface area contributed by atoms with Crippen LogP contribution in [0.2, 0.25) is 0 Å². The van der Waals surface area contributed by atoms with E-state index in [9.17, 15) is 14.7 Å². The molecule has 0 bridgehead atoms. The van der Waals surface area contributed by atoms with Crippen LogP contribution in [-0.4, -0.2) is 50.4 Å². The van der Waals surface area contributed by atoms with E-state index in [-0.39, 0.29) is 23.8 Å². The average molecular weight is 527 g/mol. The Labute approximate surface area is 224 Å². The third-order valence-corrected chi connectivity index (χ3v) is 6.69. The summed E-state index contributed by atoms with van der Waals surface area (Å²) in [6, 6.07) is 13.2. The number of H-pyrrole nitrogens is 1. The number of tetrazole rings is 1. The van der Waals surface area contributed by atoms with Crippen molar-refractivity contribution in [3.63, 3.8) is 0 Å². The highest BCUT2D eigenvalue weighted by Crippen LogP contribution is 2.25. The van der Waals surface area contributed by atoms with Gasteiger partial charge in [0.15, 0.2) is 0 Å². The van der Waals surface area contributed by atoms with Crippen LogP contribution in [0.4, 0.5) is 0 Å². The van der Waals surface area contributed by atoms with Crippen LogP contribution in [0, 0.1) is 0 Å². The minimum absolute atomic E-state index is 0.0241. The fraction of sp³-hybridized carbons (Fsp3) is 0.286. The number of carbonyl (C=O) groups is 1. The Kier molecular flexibility index (Phi) is 7.22. The molecule has 200 valence electrons. The van der Waals surface area contributed by atoms with E-state index in [1.807, 2.05) is 54.8 Å². The highest BCUT2D eigenvalue weighted by molar-refractivity contribution is 5.91. The number of nitrogens with one attached hydrogen (secondary N) is 1. The van der Waals surface area contributed by atoms with E-state index in [0.717, 1.165) is 35.2 Å². The van der Waals surface area contributed by atoms with Crippen molar-refractivity contribution in [2.24, 2.45) is 0 Å². The Morgan fingerprint density at radius 2 is 1.90 bits per heavy atom. The molecule has 0 fully saturated rings. The van der Waals surface area contributed by atoms with Gasteiger partial charge in [0, 0.05) is 35.9 Å². The predicted octanol–water partition coefficient (Wildman–Crippen LogP) is 4.35. The number of hydrogen-bond donors (Lipinski definition) is 2. The van der Waals surface area contributed by atoms with Crippen molar-refractivity contribution in [3.05, 3.63) is 88.5 Å². The largest absolute Gasteiger partial charge is 0.478 e. The Bertz CT molecular complexity index is 1660. The van der Waals surface area contributed by atoms with Gasteiger partial charge in [-0.15, -0.1) is 10.2 Å². The molecule has 11 heteroatoms.